The first kappa shape index (κ1) is 33.4. The second-order valence-electron chi connectivity index (χ2n) is 14.6. The first-order valence-electron chi connectivity index (χ1n) is 16.2. The summed E-state index contributed by atoms with van der Waals surface area (Å²) in [6.45, 7) is 15.4. The van der Waals surface area contributed by atoms with Crippen molar-refractivity contribution in [1.29, 1.82) is 0 Å². The smallest absolute Gasteiger partial charge is 0.148 e. The van der Waals surface area contributed by atoms with Crippen molar-refractivity contribution in [3.63, 3.8) is 0 Å². The zero-order valence-corrected chi connectivity index (χ0v) is 30.8. The Kier molecular flexibility index (Phi) is 8.68. The molecule has 0 saturated heterocycles. The predicted octanol–water partition coefficient (Wildman–Crippen LogP) is 11.0. The summed E-state index contributed by atoms with van der Waals surface area (Å²) in [5.74, 6) is 0.896. The molecule has 5 heteroatoms. The van der Waals surface area contributed by atoms with E-state index >= 15 is 0 Å². The summed E-state index contributed by atoms with van der Waals surface area (Å²) in [5.41, 5.74) is 12.0. The van der Waals surface area contributed by atoms with Crippen LogP contribution in [-0.2, 0) is 31.9 Å². The molecule has 0 aliphatic heterocycles. The Balaban J connectivity index is 0.00000401. The monoisotopic (exact) mass is 809 g/mol. The molecule has 2 aromatic heterocycles. The fraction of sp³-hybridized carbons (Fsp3) is 0.209. The average Bonchev–Trinajstić information content (AvgIpc) is 3.44. The van der Waals surface area contributed by atoms with Gasteiger partial charge >= 0.3 is 0 Å². The van der Waals surface area contributed by atoms with Crippen molar-refractivity contribution in [3.8, 4) is 45.1 Å². The van der Waals surface area contributed by atoms with Gasteiger partial charge in [-0.3, -0.25) is 9.55 Å². The van der Waals surface area contributed by atoms with E-state index in [4.69, 9.17) is 9.97 Å². The van der Waals surface area contributed by atoms with Crippen LogP contribution in [0.15, 0.2) is 109 Å². The largest absolute Gasteiger partial charge is 0.507 e. The fourth-order valence-corrected chi connectivity index (χ4v) is 6.31. The van der Waals surface area contributed by atoms with Crippen molar-refractivity contribution in [2.75, 3.05) is 0 Å². The summed E-state index contributed by atoms with van der Waals surface area (Å²) in [5, 5.41) is 12.2. The SMILES string of the molecule is Cc1ccc(O)c(-c2nc3c(-c4[c-]c(-c5cc(C(C)(C)C)cc6cccnc56)ccc4)cccc3n2-c2ccc(C(C)(C)C)cc2)c1.[Pt]. The van der Waals surface area contributed by atoms with Crippen molar-refractivity contribution in [3.05, 3.63) is 132 Å². The third kappa shape index (κ3) is 6.11. The first-order chi connectivity index (χ1) is 22.4. The van der Waals surface area contributed by atoms with Gasteiger partial charge in [0.05, 0.1) is 16.6 Å². The van der Waals surface area contributed by atoms with E-state index < -0.39 is 0 Å². The van der Waals surface area contributed by atoms with Crippen LogP contribution in [0.1, 0.15) is 58.2 Å². The van der Waals surface area contributed by atoms with E-state index in [1.54, 1.807) is 6.07 Å². The molecule has 1 N–H and O–H groups in total. The third-order valence-electron chi connectivity index (χ3n) is 9.02. The number of phenolic OH excluding ortho intramolecular Hbond substituents is 1. The molecular formula is C43H40N3OPt-. The molecule has 0 aliphatic carbocycles. The maximum atomic E-state index is 11.1. The Labute approximate surface area is 297 Å². The fourth-order valence-electron chi connectivity index (χ4n) is 6.31. The van der Waals surface area contributed by atoms with E-state index in [1.165, 1.54) is 11.1 Å². The maximum Gasteiger partial charge on any atom is 0.148 e. The number of phenols is 1. The number of para-hydroxylation sites is 1. The second kappa shape index (κ2) is 12.5. The number of pyridine rings is 1. The number of nitrogens with zero attached hydrogens (tertiary/aromatic N) is 3. The Morgan fingerprint density at radius 3 is 2.04 bits per heavy atom. The van der Waals surface area contributed by atoms with Gasteiger partial charge in [0.2, 0.25) is 0 Å². The Bertz CT molecular complexity index is 2290. The molecular weight excluding hydrogens is 770 g/mol. The Morgan fingerprint density at radius 1 is 0.646 bits per heavy atom. The van der Waals surface area contributed by atoms with Crippen LogP contribution in [0.2, 0.25) is 0 Å². The molecule has 4 nitrogen and oxygen atoms in total. The number of aryl methyl sites for hydroxylation is 1. The zero-order valence-electron chi connectivity index (χ0n) is 28.5. The van der Waals surface area contributed by atoms with Crippen LogP contribution in [-0.4, -0.2) is 19.6 Å². The van der Waals surface area contributed by atoms with Crippen LogP contribution in [0.3, 0.4) is 0 Å². The van der Waals surface area contributed by atoms with Gasteiger partial charge in [0, 0.05) is 38.5 Å². The molecule has 0 amide bonds. The van der Waals surface area contributed by atoms with Gasteiger partial charge in [0.15, 0.2) is 0 Å². The molecule has 7 aromatic rings. The minimum atomic E-state index is -0.0162. The molecule has 0 atom stereocenters. The Hall–Kier alpha value is -4.53. The number of rotatable bonds is 4. The molecule has 0 saturated carbocycles. The summed E-state index contributed by atoms with van der Waals surface area (Å²) in [4.78, 5) is 10.1. The van der Waals surface area contributed by atoms with E-state index in [9.17, 15) is 5.11 Å². The molecule has 5 aromatic carbocycles. The number of imidazole rings is 1. The van der Waals surface area contributed by atoms with Crippen molar-refractivity contribution < 1.29 is 26.2 Å². The van der Waals surface area contributed by atoms with Crippen LogP contribution in [0, 0.1) is 13.0 Å². The van der Waals surface area contributed by atoms with Crippen molar-refractivity contribution in [2.45, 2.75) is 59.3 Å². The average molecular weight is 810 g/mol. The van der Waals surface area contributed by atoms with Gasteiger partial charge in [0.25, 0.3) is 0 Å². The van der Waals surface area contributed by atoms with Gasteiger partial charge < -0.3 is 5.11 Å². The van der Waals surface area contributed by atoms with Crippen LogP contribution >= 0.6 is 0 Å². The zero-order chi connectivity index (χ0) is 33.1. The van der Waals surface area contributed by atoms with Crippen LogP contribution < -0.4 is 0 Å². The Morgan fingerprint density at radius 2 is 1.33 bits per heavy atom. The van der Waals surface area contributed by atoms with E-state index in [2.05, 4.69) is 131 Å². The molecule has 0 radical (unpaired) electrons. The maximum absolute atomic E-state index is 11.1. The molecule has 2 heterocycles. The number of fused-ring (bicyclic) bond motifs is 2. The molecule has 0 bridgehead atoms. The molecule has 0 spiro atoms. The number of aromatic hydroxyl groups is 1. The summed E-state index contributed by atoms with van der Waals surface area (Å²) in [7, 11) is 0. The number of hydrogen-bond donors (Lipinski definition) is 1. The number of aromatic nitrogens is 3. The summed E-state index contributed by atoms with van der Waals surface area (Å²) in [6.07, 6.45) is 1.86. The predicted molar refractivity (Wildman–Crippen MR) is 195 cm³/mol. The van der Waals surface area contributed by atoms with E-state index in [0.29, 0.717) is 11.4 Å². The minimum Gasteiger partial charge on any atom is -0.507 e. The van der Waals surface area contributed by atoms with Gasteiger partial charge in [-0.05, 0) is 70.7 Å². The molecule has 0 aliphatic rings. The second-order valence-corrected chi connectivity index (χ2v) is 14.6. The number of benzene rings is 5. The van der Waals surface area contributed by atoms with Crippen LogP contribution in [0.25, 0.3) is 61.3 Å². The topological polar surface area (TPSA) is 50.9 Å². The van der Waals surface area contributed by atoms with Crippen LogP contribution in [0.4, 0.5) is 0 Å². The van der Waals surface area contributed by atoms with Gasteiger partial charge in [-0.15, -0.1) is 35.4 Å². The van der Waals surface area contributed by atoms with Crippen molar-refractivity contribution in [2.24, 2.45) is 0 Å². The van der Waals surface area contributed by atoms with E-state index in [-0.39, 0.29) is 37.6 Å². The van der Waals surface area contributed by atoms with E-state index in [0.717, 1.165) is 55.4 Å². The summed E-state index contributed by atoms with van der Waals surface area (Å²) in [6, 6.07) is 39.3. The van der Waals surface area contributed by atoms with Gasteiger partial charge in [-0.25, -0.2) is 4.98 Å². The summed E-state index contributed by atoms with van der Waals surface area (Å²) >= 11 is 0. The van der Waals surface area contributed by atoms with E-state index in [1.807, 2.05) is 31.3 Å². The van der Waals surface area contributed by atoms with Crippen LogP contribution in [0.5, 0.6) is 5.75 Å². The minimum absolute atomic E-state index is 0. The standard InChI is InChI=1S/C43H40N3O.Pt/c1-27-16-21-38(47)36(23-27)41-45-40-34(14-9-15-37(40)46(41)33-19-17-31(18-20-33)42(2,3)4)28-11-8-12-29(24-28)35-26-32(43(5,6)7)25-30-13-10-22-44-39(30)35;/h8-23,25-26,47H,1-7H3;/q-1;. The molecule has 0 unspecified atom stereocenters. The van der Waals surface area contributed by atoms with Crippen molar-refractivity contribution >= 4 is 21.9 Å². The summed E-state index contributed by atoms with van der Waals surface area (Å²) < 4.78 is 2.16. The normalized spacial score (nSPS) is 12.0. The van der Waals surface area contributed by atoms with Crippen molar-refractivity contribution in [1.82, 2.24) is 14.5 Å². The third-order valence-corrected chi connectivity index (χ3v) is 9.02. The molecule has 7 rings (SSSR count). The quantitative estimate of drug-likeness (QED) is 0.180. The molecule has 0 fully saturated rings. The molecule has 48 heavy (non-hydrogen) atoms. The van der Waals surface area contributed by atoms with Gasteiger partial charge in [-0.1, -0.05) is 107 Å². The molecule has 244 valence electrons. The first-order valence-corrected chi connectivity index (χ1v) is 16.2. The number of hydrogen-bond acceptors (Lipinski definition) is 3. The van der Waals surface area contributed by atoms with Gasteiger partial charge in [-0.2, -0.15) is 0 Å². The van der Waals surface area contributed by atoms with Gasteiger partial charge in [0.1, 0.15) is 11.6 Å².